The molecule has 1 aromatic carbocycles. The maximum Gasteiger partial charge on any atom is 0.253 e. The van der Waals surface area contributed by atoms with Crippen molar-refractivity contribution in [2.45, 2.75) is 6.42 Å². The lowest BCUT2D eigenvalue weighted by Gasteiger charge is -2.13. The molecule has 0 spiro atoms. The van der Waals surface area contributed by atoms with Crippen LogP contribution in [0.25, 0.3) is 0 Å². The lowest BCUT2D eigenvalue weighted by atomic mass is 10.1. The number of carbonyl (C=O) groups excluding carboxylic acids is 1. The van der Waals surface area contributed by atoms with Gasteiger partial charge >= 0.3 is 0 Å². The van der Waals surface area contributed by atoms with Gasteiger partial charge in [0.05, 0.1) is 17.7 Å². The number of benzene rings is 1. The highest BCUT2D eigenvalue weighted by Gasteiger charge is 2.09. The molecule has 4 N–H and O–H groups in total. The van der Waals surface area contributed by atoms with Crippen LogP contribution in [0.5, 0.6) is 0 Å². The Morgan fingerprint density at radius 3 is 2.85 bits per heavy atom. The molecule has 0 aliphatic heterocycles. The van der Waals surface area contributed by atoms with Crippen LogP contribution in [-0.4, -0.2) is 41.4 Å². The summed E-state index contributed by atoms with van der Waals surface area (Å²) in [4.78, 5) is 20.3. The summed E-state index contributed by atoms with van der Waals surface area (Å²) in [6.07, 6.45) is 4.28. The van der Waals surface area contributed by atoms with E-state index < -0.39 is 0 Å². The van der Waals surface area contributed by atoms with E-state index in [1.54, 1.807) is 38.8 Å². The normalized spacial score (nSPS) is 10.3. The molecule has 2 rings (SSSR count). The van der Waals surface area contributed by atoms with Crippen molar-refractivity contribution in [1.29, 1.82) is 0 Å². The van der Waals surface area contributed by atoms with Crippen LogP contribution >= 0.6 is 0 Å². The van der Waals surface area contributed by atoms with Crippen LogP contribution < -0.4 is 11.1 Å². The van der Waals surface area contributed by atoms with Gasteiger partial charge < -0.3 is 20.9 Å². The first-order valence-electron chi connectivity index (χ1n) is 6.40. The zero-order valence-electron chi connectivity index (χ0n) is 11.7. The zero-order chi connectivity index (χ0) is 14.5. The van der Waals surface area contributed by atoms with E-state index in [2.05, 4.69) is 15.3 Å². The van der Waals surface area contributed by atoms with Crippen LogP contribution in [0.1, 0.15) is 16.1 Å². The maximum atomic E-state index is 11.8. The van der Waals surface area contributed by atoms with Crippen LogP contribution in [0.2, 0.25) is 0 Å². The van der Waals surface area contributed by atoms with Gasteiger partial charge in [0.1, 0.15) is 0 Å². The number of aromatic amines is 1. The number of nitrogens with two attached hydrogens (primary N) is 1. The second kappa shape index (κ2) is 6.10. The smallest absolute Gasteiger partial charge is 0.253 e. The number of rotatable bonds is 5. The molecule has 0 saturated carbocycles. The Hall–Kier alpha value is -2.50. The van der Waals surface area contributed by atoms with Gasteiger partial charge in [-0.25, -0.2) is 4.98 Å². The van der Waals surface area contributed by atoms with Crippen LogP contribution in [0.4, 0.5) is 11.4 Å². The third-order valence-corrected chi connectivity index (χ3v) is 2.97. The summed E-state index contributed by atoms with van der Waals surface area (Å²) in [5, 5.41) is 3.25. The number of carbonyl (C=O) groups is 1. The van der Waals surface area contributed by atoms with Crippen molar-refractivity contribution >= 4 is 17.3 Å². The summed E-state index contributed by atoms with van der Waals surface area (Å²) in [7, 11) is 3.43. The van der Waals surface area contributed by atoms with Crippen LogP contribution in [0, 0.1) is 0 Å². The Kier molecular flexibility index (Phi) is 4.24. The number of aromatic nitrogens is 2. The molecular formula is C14H19N5O. The summed E-state index contributed by atoms with van der Waals surface area (Å²) in [5.41, 5.74) is 9.02. The van der Waals surface area contributed by atoms with Crippen molar-refractivity contribution in [2.24, 2.45) is 0 Å². The number of nitrogens with zero attached hydrogens (tertiary/aromatic N) is 2. The zero-order valence-corrected chi connectivity index (χ0v) is 11.7. The molecule has 0 aliphatic rings. The Bertz CT molecular complexity index is 577. The Balaban J connectivity index is 1.97. The molecule has 1 aromatic heterocycles. The Labute approximate surface area is 118 Å². The van der Waals surface area contributed by atoms with E-state index >= 15 is 0 Å². The maximum absolute atomic E-state index is 11.8. The van der Waals surface area contributed by atoms with Gasteiger partial charge in [0.25, 0.3) is 5.91 Å². The Morgan fingerprint density at radius 1 is 1.45 bits per heavy atom. The molecule has 2 aromatic rings. The summed E-state index contributed by atoms with van der Waals surface area (Å²) in [6, 6.07) is 5.30. The largest absolute Gasteiger partial charge is 0.397 e. The standard InChI is InChI=1S/C14H19N5O/c1-19(2)14(20)10-3-4-13(12(15)7-10)17-6-5-11-8-16-9-18-11/h3-4,7-9,17H,5-6,15H2,1-2H3,(H,16,18). The minimum absolute atomic E-state index is 0.0549. The minimum atomic E-state index is -0.0549. The summed E-state index contributed by atoms with van der Waals surface area (Å²) in [6.45, 7) is 0.743. The molecule has 0 radical (unpaired) electrons. The van der Waals surface area contributed by atoms with Gasteiger partial charge in [-0.2, -0.15) is 0 Å². The van der Waals surface area contributed by atoms with Gasteiger partial charge in [-0.05, 0) is 18.2 Å². The van der Waals surface area contributed by atoms with Gasteiger partial charge in [-0.15, -0.1) is 0 Å². The summed E-state index contributed by atoms with van der Waals surface area (Å²) >= 11 is 0. The van der Waals surface area contributed by atoms with Crippen molar-refractivity contribution in [3.05, 3.63) is 42.0 Å². The molecule has 0 unspecified atom stereocenters. The lowest BCUT2D eigenvalue weighted by Crippen LogP contribution is -2.21. The first kappa shape index (κ1) is 13.9. The molecule has 6 nitrogen and oxygen atoms in total. The van der Waals surface area contributed by atoms with Crippen LogP contribution in [-0.2, 0) is 6.42 Å². The number of imidazole rings is 1. The molecule has 0 saturated heterocycles. The van der Waals surface area contributed by atoms with E-state index in [0.29, 0.717) is 11.3 Å². The van der Waals surface area contributed by atoms with E-state index in [1.165, 1.54) is 4.90 Å². The van der Waals surface area contributed by atoms with E-state index in [1.807, 2.05) is 6.07 Å². The summed E-state index contributed by atoms with van der Waals surface area (Å²) < 4.78 is 0. The quantitative estimate of drug-likeness (QED) is 0.718. The fourth-order valence-corrected chi connectivity index (χ4v) is 1.87. The number of hydrogen-bond acceptors (Lipinski definition) is 4. The fourth-order valence-electron chi connectivity index (χ4n) is 1.87. The van der Waals surface area contributed by atoms with E-state index in [0.717, 1.165) is 24.3 Å². The second-order valence-electron chi connectivity index (χ2n) is 4.76. The van der Waals surface area contributed by atoms with Gasteiger partial charge in [0, 0.05) is 44.5 Å². The van der Waals surface area contributed by atoms with E-state index in [9.17, 15) is 4.79 Å². The van der Waals surface area contributed by atoms with Crippen molar-refractivity contribution in [3.63, 3.8) is 0 Å². The monoisotopic (exact) mass is 273 g/mol. The number of hydrogen-bond donors (Lipinski definition) is 3. The molecule has 0 aliphatic carbocycles. The van der Waals surface area contributed by atoms with Crippen molar-refractivity contribution < 1.29 is 4.79 Å². The molecule has 1 amide bonds. The third kappa shape index (κ3) is 3.28. The van der Waals surface area contributed by atoms with E-state index in [-0.39, 0.29) is 5.91 Å². The predicted octanol–water partition coefficient (Wildman–Crippen LogP) is 1.35. The van der Waals surface area contributed by atoms with Crippen molar-refractivity contribution in [2.75, 3.05) is 31.7 Å². The minimum Gasteiger partial charge on any atom is -0.397 e. The fraction of sp³-hybridized carbons (Fsp3) is 0.286. The highest BCUT2D eigenvalue weighted by Crippen LogP contribution is 2.20. The molecule has 0 fully saturated rings. The average molecular weight is 273 g/mol. The van der Waals surface area contributed by atoms with Gasteiger partial charge in [-0.1, -0.05) is 0 Å². The second-order valence-corrected chi connectivity index (χ2v) is 4.76. The van der Waals surface area contributed by atoms with Gasteiger partial charge in [0.2, 0.25) is 0 Å². The first-order chi connectivity index (χ1) is 9.58. The number of amides is 1. The number of H-pyrrole nitrogens is 1. The molecule has 1 heterocycles. The summed E-state index contributed by atoms with van der Waals surface area (Å²) in [5.74, 6) is -0.0549. The number of nitrogens with one attached hydrogen (secondary N) is 2. The number of nitrogen functional groups attached to an aromatic ring is 1. The highest BCUT2D eigenvalue weighted by atomic mass is 16.2. The van der Waals surface area contributed by atoms with E-state index in [4.69, 9.17) is 5.73 Å². The molecule has 6 heteroatoms. The van der Waals surface area contributed by atoms with Gasteiger partial charge in [0.15, 0.2) is 0 Å². The predicted molar refractivity (Wildman–Crippen MR) is 79.7 cm³/mol. The molecule has 0 atom stereocenters. The number of anilines is 2. The highest BCUT2D eigenvalue weighted by molar-refractivity contribution is 5.95. The molecule has 20 heavy (non-hydrogen) atoms. The van der Waals surface area contributed by atoms with Crippen LogP contribution in [0.15, 0.2) is 30.7 Å². The SMILES string of the molecule is CN(C)C(=O)c1ccc(NCCc2cnc[nH]2)c(N)c1. The molecule has 0 bridgehead atoms. The van der Waals surface area contributed by atoms with Crippen molar-refractivity contribution in [1.82, 2.24) is 14.9 Å². The first-order valence-corrected chi connectivity index (χ1v) is 6.40. The Morgan fingerprint density at radius 2 is 2.25 bits per heavy atom. The van der Waals surface area contributed by atoms with Crippen LogP contribution in [0.3, 0.4) is 0 Å². The van der Waals surface area contributed by atoms with Crippen molar-refractivity contribution in [3.8, 4) is 0 Å². The molecule has 106 valence electrons. The van der Waals surface area contributed by atoms with Gasteiger partial charge in [-0.3, -0.25) is 4.79 Å². The topological polar surface area (TPSA) is 87.0 Å². The third-order valence-electron chi connectivity index (χ3n) is 2.97. The lowest BCUT2D eigenvalue weighted by molar-refractivity contribution is 0.0827. The average Bonchev–Trinajstić information content (AvgIpc) is 2.92. The molecular weight excluding hydrogens is 254 g/mol.